The molecule has 0 aromatic rings. The van der Waals surface area contributed by atoms with Crippen LogP contribution in [0.15, 0.2) is 23.3 Å². The second-order valence-corrected chi connectivity index (χ2v) is 5.93. The van der Waals surface area contributed by atoms with Crippen molar-refractivity contribution in [3.8, 4) is 0 Å². The molecule has 2 bridgehead atoms. The summed E-state index contributed by atoms with van der Waals surface area (Å²) >= 11 is 0. The number of allylic oxidation sites excluding steroid dienone is 2. The molecule has 0 aromatic heterocycles. The molecule has 100 valence electrons. The average Bonchev–Trinajstić information content (AvgIpc) is 2.34. The summed E-state index contributed by atoms with van der Waals surface area (Å²) in [6.07, 6.45) is 3.73. The summed E-state index contributed by atoms with van der Waals surface area (Å²) in [4.78, 5) is 36.9. The highest BCUT2D eigenvalue weighted by Gasteiger charge is 2.69. The fourth-order valence-electron chi connectivity index (χ4n) is 3.85. The molecular formula is C15H16O4. The van der Waals surface area contributed by atoms with Crippen LogP contribution in [0.4, 0.5) is 0 Å². The molecule has 1 heterocycles. The molecule has 0 spiro atoms. The molecule has 4 nitrogen and oxygen atoms in total. The van der Waals surface area contributed by atoms with Crippen LogP contribution >= 0.6 is 0 Å². The Morgan fingerprint density at radius 2 is 1.95 bits per heavy atom. The minimum Gasteiger partial charge on any atom is -0.449 e. The number of hydrogen-bond acceptors (Lipinski definition) is 4. The molecule has 0 unspecified atom stereocenters. The van der Waals surface area contributed by atoms with Crippen molar-refractivity contribution in [1.82, 2.24) is 0 Å². The highest BCUT2D eigenvalue weighted by Crippen LogP contribution is 2.57. The van der Waals surface area contributed by atoms with E-state index in [2.05, 4.69) is 0 Å². The standard InChI is InChI=1S/C15H16O4/c1-8-4-5-15-11(16)6-9(2)13(18)14(15,3)10(8)7-12(17)19-15/h4,6,10H,5,7H2,1-3H3/t10-,14+,15-/m0/s1. The number of ketones is 2. The topological polar surface area (TPSA) is 60.4 Å². The fourth-order valence-corrected chi connectivity index (χ4v) is 3.85. The van der Waals surface area contributed by atoms with E-state index in [0.717, 1.165) is 5.57 Å². The normalized spacial score (nSPS) is 41.2. The van der Waals surface area contributed by atoms with Crippen LogP contribution in [0.2, 0.25) is 0 Å². The molecule has 1 saturated heterocycles. The fraction of sp³-hybridized carbons (Fsp3) is 0.533. The van der Waals surface area contributed by atoms with Gasteiger partial charge in [-0.25, -0.2) is 0 Å². The minimum atomic E-state index is -1.32. The maximum absolute atomic E-state index is 12.6. The number of Topliss-reactive ketones (excluding diaryl/α,β-unsaturated/α-hetero) is 1. The molecule has 1 fully saturated rings. The van der Waals surface area contributed by atoms with Gasteiger partial charge in [0.2, 0.25) is 5.78 Å². The van der Waals surface area contributed by atoms with E-state index in [1.807, 2.05) is 13.0 Å². The third kappa shape index (κ3) is 1.22. The molecule has 1 aliphatic heterocycles. The Labute approximate surface area is 111 Å². The van der Waals surface area contributed by atoms with E-state index >= 15 is 0 Å². The van der Waals surface area contributed by atoms with Crippen LogP contribution < -0.4 is 0 Å². The molecule has 2 aliphatic carbocycles. The van der Waals surface area contributed by atoms with Crippen LogP contribution in [-0.4, -0.2) is 23.1 Å². The molecule has 3 aliphatic rings. The van der Waals surface area contributed by atoms with Crippen molar-refractivity contribution in [3.05, 3.63) is 23.3 Å². The molecule has 0 N–H and O–H groups in total. The zero-order chi connectivity index (χ0) is 14.0. The number of esters is 1. The average molecular weight is 260 g/mol. The van der Waals surface area contributed by atoms with Crippen molar-refractivity contribution in [3.63, 3.8) is 0 Å². The van der Waals surface area contributed by atoms with Gasteiger partial charge in [-0.2, -0.15) is 0 Å². The van der Waals surface area contributed by atoms with E-state index in [-0.39, 0.29) is 29.9 Å². The van der Waals surface area contributed by atoms with Gasteiger partial charge in [-0.05, 0) is 32.4 Å². The molecular weight excluding hydrogens is 244 g/mol. The van der Waals surface area contributed by atoms with Gasteiger partial charge in [0.1, 0.15) is 0 Å². The van der Waals surface area contributed by atoms with E-state index in [0.29, 0.717) is 12.0 Å². The monoisotopic (exact) mass is 260 g/mol. The van der Waals surface area contributed by atoms with Crippen LogP contribution in [0.3, 0.4) is 0 Å². The number of ether oxygens (including phenoxy) is 1. The van der Waals surface area contributed by atoms with E-state index < -0.39 is 11.0 Å². The molecule has 0 amide bonds. The summed E-state index contributed by atoms with van der Waals surface area (Å²) in [7, 11) is 0. The van der Waals surface area contributed by atoms with Crippen molar-refractivity contribution in [2.75, 3.05) is 0 Å². The molecule has 19 heavy (non-hydrogen) atoms. The van der Waals surface area contributed by atoms with Gasteiger partial charge in [0.25, 0.3) is 0 Å². The summed E-state index contributed by atoms with van der Waals surface area (Å²) in [6, 6.07) is 0. The lowest BCUT2D eigenvalue weighted by Gasteiger charge is -2.56. The van der Waals surface area contributed by atoms with Crippen molar-refractivity contribution in [2.24, 2.45) is 11.3 Å². The Kier molecular flexibility index (Phi) is 2.23. The summed E-state index contributed by atoms with van der Waals surface area (Å²) in [5, 5.41) is 0. The van der Waals surface area contributed by atoms with Gasteiger partial charge in [-0.1, -0.05) is 11.6 Å². The van der Waals surface area contributed by atoms with Gasteiger partial charge < -0.3 is 4.74 Å². The molecule has 3 atom stereocenters. The van der Waals surface area contributed by atoms with Crippen LogP contribution in [0.25, 0.3) is 0 Å². The second kappa shape index (κ2) is 3.44. The van der Waals surface area contributed by atoms with Crippen molar-refractivity contribution in [1.29, 1.82) is 0 Å². The number of carbonyl (C=O) groups excluding carboxylic acids is 3. The van der Waals surface area contributed by atoms with E-state index in [9.17, 15) is 14.4 Å². The zero-order valence-corrected chi connectivity index (χ0v) is 11.3. The van der Waals surface area contributed by atoms with E-state index in [4.69, 9.17) is 4.74 Å². The van der Waals surface area contributed by atoms with Gasteiger partial charge >= 0.3 is 5.97 Å². The lowest BCUT2D eigenvalue weighted by Crippen LogP contribution is -2.68. The number of carbonyl (C=O) groups is 3. The van der Waals surface area contributed by atoms with Gasteiger partial charge in [0.05, 0.1) is 11.8 Å². The van der Waals surface area contributed by atoms with Crippen LogP contribution in [0.1, 0.15) is 33.6 Å². The number of hydrogen-bond donors (Lipinski definition) is 0. The molecule has 4 heteroatoms. The lowest BCUT2D eigenvalue weighted by molar-refractivity contribution is -0.203. The van der Waals surface area contributed by atoms with Crippen LogP contribution in [0.5, 0.6) is 0 Å². The predicted molar refractivity (Wildman–Crippen MR) is 67.2 cm³/mol. The van der Waals surface area contributed by atoms with Gasteiger partial charge in [0.15, 0.2) is 11.4 Å². The molecule has 3 rings (SSSR count). The van der Waals surface area contributed by atoms with Crippen molar-refractivity contribution < 1.29 is 19.1 Å². The maximum atomic E-state index is 12.6. The number of rotatable bonds is 0. The molecule has 0 saturated carbocycles. The summed E-state index contributed by atoms with van der Waals surface area (Å²) < 4.78 is 5.43. The lowest BCUT2D eigenvalue weighted by atomic mass is 9.50. The van der Waals surface area contributed by atoms with Gasteiger partial charge in [-0.3, -0.25) is 14.4 Å². The largest absolute Gasteiger partial charge is 0.449 e. The first-order valence-electron chi connectivity index (χ1n) is 6.49. The van der Waals surface area contributed by atoms with Crippen molar-refractivity contribution >= 4 is 17.5 Å². The Bertz CT molecular complexity index is 583. The second-order valence-electron chi connectivity index (χ2n) is 5.93. The van der Waals surface area contributed by atoms with E-state index in [1.54, 1.807) is 13.8 Å². The summed E-state index contributed by atoms with van der Waals surface area (Å²) in [5.41, 5.74) is -0.801. The Balaban J connectivity index is 2.31. The van der Waals surface area contributed by atoms with E-state index in [1.165, 1.54) is 6.08 Å². The Hall–Kier alpha value is -1.71. The predicted octanol–water partition coefficient (Wildman–Crippen LogP) is 1.74. The Morgan fingerprint density at radius 3 is 2.63 bits per heavy atom. The zero-order valence-electron chi connectivity index (χ0n) is 11.3. The highest BCUT2D eigenvalue weighted by atomic mass is 16.6. The van der Waals surface area contributed by atoms with Crippen LogP contribution in [-0.2, 0) is 19.1 Å². The summed E-state index contributed by atoms with van der Waals surface area (Å²) in [6.45, 7) is 5.35. The third-order valence-electron chi connectivity index (χ3n) is 5.03. The van der Waals surface area contributed by atoms with Gasteiger partial charge in [-0.15, -0.1) is 0 Å². The molecule has 0 aromatic carbocycles. The van der Waals surface area contributed by atoms with Gasteiger partial charge in [0, 0.05) is 12.3 Å². The Morgan fingerprint density at radius 1 is 1.26 bits per heavy atom. The third-order valence-corrected chi connectivity index (χ3v) is 5.03. The highest BCUT2D eigenvalue weighted by molar-refractivity contribution is 6.17. The first-order valence-corrected chi connectivity index (χ1v) is 6.49. The quantitative estimate of drug-likeness (QED) is 0.491. The SMILES string of the molecule is CC1=CC(=O)[C@]23CC=C(C)[C@H](CC(=O)O2)[C@]3(C)C1=O. The molecule has 0 radical (unpaired) electrons. The van der Waals surface area contributed by atoms with Crippen molar-refractivity contribution in [2.45, 2.75) is 39.2 Å². The summed E-state index contributed by atoms with van der Waals surface area (Å²) in [5.74, 6) is -0.947. The first kappa shape index (κ1) is 12.3. The van der Waals surface area contributed by atoms with Crippen LogP contribution in [0, 0.1) is 11.3 Å². The minimum absolute atomic E-state index is 0.0722. The smallest absolute Gasteiger partial charge is 0.307 e. The maximum Gasteiger partial charge on any atom is 0.307 e. The first-order chi connectivity index (χ1) is 8.83.